The SMILES string of the molecule is CC(N)c1ccc(Br)cc1N1CCC(C)(O)C1. The zero-order valence-electron chi connectivity index (χ0n) is 10.3. The molecule has 3 N–H and O–H groups in total. The highest BCUT2D eigenvalue weighted by molar-refractivity contribution is 9.10. The molecule has 2 unspecified atom stereocenters. The number of nitrogens with two attached hydrogens (primary N) is 1. The molecule has 3 nitrogen and oxygen atoms in total. The van der Waals surface area contributed by atoms with Crippen molar-refractivity contribution < 1.29 is 5.11 Å². The van der Waals surface area contributed by atoms with Gasteiger partial charge in [0, 0.05) is 29.3 Å². The van der Waals surface area contributed by atoms with Gasteiger partial charge in [-0.2, -0.15) is 0 Å². The molecule has 1 heterocycles. The summed E-state index contributed by atoms with van der Waals surface area (Å²) in [6, 6.07) is 6.15. The van der Waals surface area contributed by atoms with Gasteiger partial charge in [-0.25, -0.2) is 0 Å². The minimum atomic E-state index is -0.586. The maximum atomic E-state index is 10.0. The van der Waals surface area contributed by atoms with Gasteiger partial charge in [0.15, 0.2) is 0 Å². The van der Waals surface area contributed by atoms with Gasteiger partial charge in [0.1, 0.15) is 0 Å². The molecule has 0 aromatic heterocycles. The first-order valence-electron chi connectivity index (χ1n) is 5.91. The Morgan fingerprint density at radius 2 is 2.24 bits per heavy atom. The molecule has 2 rings (SSSR count). The molecule has 0 radical (unpaired) electrons. The second-order valence-corrected chi connectivity index (χ2v) is 6.08. The fraction of sp³-hybridized carbons (Fsp3) is 0.538. The van der Waals surface area contributed by atoms with Crippen LogP contribution in [0.15, 0.2) is 22.7 Å². The van der Waals surface area contributed by atoms with Crippen molar-refractivity contribution >= 4 is 21.6 Å². The van der Waals surface area contributed by atoms with Crippen LogP contribution in [0, 0.1) is 0 Å². The van der Waals surface area contributed by atoms with E-state index in [4.69, 9.17) is 5.73 Å². The number of benzene rings is 1. The van der Waals surface area contributed by atoms with Gasteiger partial charge < -0.3 is 15.7 Å². The number of hydrogen-bond donors (Lipinski definition) is 2. The fourth-order valence-corrected chi connectivity index (χ4v) is 2.68. The van der Waals surface area contributed by atoms with Crippen LogP contribution < -0.4 is 10.6 Å². The molecule has 0 bridgehead atoms. The first kappa shape index (κ1) is 12.9. The standard InChI is InChI=1S/C13H19BrN2O/c1-9(15)11-4-3-10(14)7-12(11)16-6-5-13(2,17)8-16/h3-4,7,9,17H,5-6,8,15H2,1-2H3. The lowest BCUT2D eigenvalue weighted by molar-refractivity contribution is 0.0839. The highest BCUT2D eigenvalue weighted by atomic mass is 79.9. The van der Waals surface area contributed by atoms with Crippen LogP contribution in [0.4, 0.5) is 5.69 Å². The molecule has 1 aliphatic heterocycles. The molecule has 2 atom stereocenters. The van der Waals surface area contributed by atoms with E-state index in [0.29, 0.717) is 6.54 Å². The Labute approximate surface area is 111 Å². The molecule has 1 fully saturated rings. The monoisotopic (exact) mass is 298 g/mol. The second-order valence-electron chi connectivity index (χ2n) is 5.16. The number of nitrogens with zero attached hydrogens (tertiary/aromatic N) is 1. The van der Waals surface area contributed by atoms with E-state index in [0.717, 1.165) is 28.7 Å². The maximum absolute atomic E-state index is 10.0. The summed E-state index contributed by atoms with van der Waals surface area (Å²) >= 11 is 3.49. The molecule has 94 valence electrons. The number of halogens is 1. The van der Waals surface area contributed by atoms with E-state index in [-0.39, 0.29) is 6.04 Å². The van der Waals surface area contributed by atoms with Crippen LogP contribution in [0.2, 0.25) is 0 Å². The number of aliphatic hydroxyl groups is 1. The van der Waals surface area contributed by atoms with Crippen molar-refractivity contribution in [1.82, 2.24) is 0 Å². The zero-order chi connectivity index (χ0) is 12.6. The topological polar surface area (TPSA) is 49.5 Å². The molecular formula is C13H19BrN2O. The van der Waals surface area contributed by atoms with Gasteiger partial charge in [-0.15, -0.1) is 0 Å². The molecule has 1 saturated heterocycles. The molecular weight excluding hydrogens is 280 g/mol. The van der Waals surface area contributed by atoms with Gasteiger partial charge in [-0.3, -0.25) is 0 Å². The molecule has 0 aliphatic carbocycles. The molecule has 0 saturated carbocycles. The smallest absolute Gasteiger partial charge is 0.0810 e. The average molecular weight is 299 g/mol. The van der Waals surface area contributed by atoms with Gasteiger partial charge in [-0.05, 0) is 38.0 Å². The normalized spacial score (nSPS) is 26.3. The zero-order valence-corrected chi connectivity index (χ0v) is 11.9. The second kappa shape index (κ2) is 4.59. The third-order valence-electron chi connectivity index (χ3n) is 3.28. The number of rotatable bonds is 2. The molecule has 1 aromatic rings. The molecule has 0 amide bonds. The van der Waals surface area contributed by atoms with Crippen molar-refractivity contribution in [2.24, 2.45) is 5.73 Å². The number of hydrogen-bond acceptors (Lipinski definition) is 3. The van der Waals surface area contributed by atoms with Crippen LogP contribution in [-0.4, -0.2) is 23.8 Å². The van der Waals surface area contributed by atoms with E-state index in [1.165, 1.54) is 0 Å². The van der Waals surface area contributed by atoms with Crippen LogP contribution in [-0.2, 0) is 0 Å². The van der Waals surface area contributed by atoms with Crippen LogP contribution in [0.5, 0.6) is 0 Å². The number of anilines is 1. The minimum absolute atomic E-state index is 0.00338. The summed E-state index contributed by atoms with van der Waals surface area (Å²) < 4.78 is 1.04. The molecule has 17 heavy (non-hydrogen) atoms. The van der Waals surface area contributed by atoms with Crippen LogP contribution >= 0.6 is 15.9 Å². The fourth-order valence-electron chi connectivity index (χ4n) is 2.33. The summed E-state index contributed by atoms with van der Waals surface area (Å²) in [6.07, 6.45) is 0.803. The van der Waals surface area contributed by atoms with E-state index < -0.39 is 5.60 Å². The van der Waals surface area contributed by atoms with Gasteiger partial charge in [0.05, 0.1) is 5.60 Å². The van der Waals surface area contributed by atoms with Crippen molar-refractivity contribution in [1.29, 1.82) is 0 Å². The predicted octanol–water partition coefficient (Wildman–Crippen LogP) is 2.43. The summed E-state index contributed by atoms with van der Waals surface area (Å²) in [7, 11) is 0. The van der Waals surface area contributed by atoms with Crippen molar-refractivity contribution in [3.05, 3.63) is 28.2 Å². The first-order valence-corrected chi connectivity index (χ1v) is 6.71. The lowest BCUT2D eigenvalue weighted by Gasteiger charge is -2.25. The first-order chi connectivity index (χ1) is 7.89. The van der Waals surface area contributed by atoms with Gasteiger partial charge in [0.2, 0.25) is 0 Å². The lowest BCUT2D eigenvalue weighted by Crippen LogP contribution is -2.30. The molecule has 1 aromatic carbocycles. The van der Waals surface area contributed by atoms with E-state index in [9.17, 15) is 5.11 Å². The Bertz CT molecular complexity index is 418. The summed E-state index contributed by atoms with van der Waals surface area (Å²) in [5, 5.41) is 10.0. The summed E-state index contributed by atoms with van der Waals surface area (Å²) in [5.74, 6) is 0. The lowest BCUT2D eigenvalue weighted by atomic mass is 10.1. The van der Waals surface area contributed by atoms with Gasteiger partial charge in [0.25, 0.3) is 0 Å². The average Bonchev–Trinajstić information content (AvgIpc) is 2.58. The Kier molecular flexibility index (Phi) is 3.48. The van der Waals surface area contributed by atoms with E-state index in [1.54, 1.807) is 0 Å². The van der Waals surface area contributed by atoms with Crippen molar-refractivity contribution in [2.45, 2.75) is 31.9 Å². The van der Waals surface area contributed by atoms with Crippen molar-refractivity contribution in [3.63, 3.8) is 0 Å². The number of β-amino-alcohol motifs (C(OH)–C–C–N with tert-alkyl or cyclic N) is 1. The third kappa shape index (κ3) is 2.81. The Balaban J connectivity index is 2.34. The third-order valence-corrected chi connectivity index (χ3v) is 3.77. The van der Waals surface area contributed by atoms with Crippen molar-refractivity contribution in [3.8, 4) is 0 Å². The largest absolute Gasteiger partial charge is 0.388 e. The summed E-state index contributed by atoms with van der Waals surface area (Å²) in [6.45, 7) is 5.42. The minimum Gasteiger partial charge on any atom is -0.388 e. The summed E-state index contributed by atoms with van der Waals surface area (Å²) in [4.78, 5) is 2.21. The highest BCUT2D eigenvalue weighted by Gasteiger charge is 2.32. The Hall–Kier alpha value is -0.580. The van der Waals surface area contributed by atoms with Gasteiger partial charge >= 0.3 is 0 Å². The van der Waals surface area contributed by atoms with Crippen molar-refractivity contribution in [2.75, 3.05) is 18.0 Å². The van der Waals surface area contributed by atoms with E-state index >= 15 is 0 Å². The van der Waals surface area contributed by atoms with Gasteiger partial charge in [-0.1, -0.05) is 22.0 Å². The van der Waals surface area contributed by atoms with Crippen LogP contribution in [0.1, 0.15) is 31.9 Å². The van der Waals surface area contributed by atoms with Crippen LogP contribution in [0.3, 0.4) is 0 Å². The van der Waals surface area contributed by atoms with E-state index in [1.807, 2.05) is 19.9 Å². The summed E-state index contributed by atoms with van der Waals surface area (Å²) in [5.41, 5.74) is 7.67. The molecule has 0 spiro atoms. The molecule has 4 heteroatoms. The Morgan fingerprint density at radius 3 is 2.76 bits per heavy atom. The quantitative estimate of drug-likeness (QED) is 0.882. The highest BCUT2D eigenvalue weighted by Crippen LogP contribution is 2.33. The maximum Gasteiger partial charge on any atom is 0.0810 e. The van der Waals surface area contributed by atoms with Crippen LogP contribution in [0.25, 0.3) is 0 Å². The Morgan fingerprint density at radius 1 is 1.53 bits per heavy atom. The molecule has 1 aliphatic rings. The van der Waals surface area contributed by atoms with E-state index in [2.05, 4.69) is 33.0 Å². The predicted molar refractivity (Wildman–Crippen MR) is 74.2 cm³/mol.